The molecular formula is C22H28Cl2N2O3S. The molecule has 0 heterocycles. The highest BCUT2D eigenvalue weighted by molar-refractivity contribution is 7.92. The normalized spacial score (nSPS) is 12.5. The summed E-state index contributed by atoms with van der Waals surface area (Å²) < 4.78 is 25.7. The lowest BCUT2D eigenvalue weighted by Crippen LogP contribution is -2.33. The molecule has 2 rings (SSSR count). The molecule has 164 valence electrons. The minimum atomic E-state index is -3.58. The van der Waals surface area contributed by atoms with Crippen molar-refractivity contribution in [2.45, 2.75) is 46.6 Å². The fourth-order valence-corrected chi connectivity index (χ4v) is 4.77. The third-order valence-electron chi connectivity index (χ3n) is 5.07. The van der Waals surface area contributed by atoms with Gasteiger partial charge >= 0.3 is 0 Å². The summed E-state index contributed by atoms with van der Waals surface area (Å²) in [5, 5.41) is 3.68. The second-order valence-corrected chi connectivity index (χ2v) is 10.4. The van der Waals surface area contributed by atoms with E-state index < -0.39 is 10.0 Å². The highest BCUT2D eigenvalue weighted by atomic mass is 35.5. The Morgan fingerprint density at radius 1 is 1.07 bits per heavy atom. The average molecular weight is 471 g/mol. The van der Waals surface area contributed by atoms with Gasteiger partial charge < -0.3 is 5.32 Å². The Hall–Kier alpha value is -1.76. The first-order chi connectivity index (χ1) is 13.9. The van der Waals surface area contributed by atoms with Crippen LogP contribution in [0.5, 0.6) is 0 Å². The Kier molecular flexibility index (Phi) is 8.20. The summed E-state index contributed by atoms with van der Waals surface area (Å²) in [6, 6.07) is 8.74. The van der Waals surface area contributed by atoms with Crippen molar-refractivity contribution in [2.75, 3.05) is 17.1 Å². The van der Waals surface area contributed by atoms with Crippen molar-refractivity contribution in [3.63, 3.8) is 0 Å². The molecule has 0 fully saturated rings. The summed E-state index contributed by atoms with van der Waals surface area (Å²) in [7, 11) is -3.58. The van der Waals surface area contributed by atoms with Crippen LogP contribution in [0.3, 0.4) is 0 Å². The van der Waals surface area contributed by atoms with Crippen LogP contribution < -0.4 is 9.62 Å². The number of benzene rings is 2. The van der Waals surface area contributed by atoms with Gasteiger partial charge in [-0.15, -0.1) is 0 Å². The van der Waals surface area contributed by atoms with E-state index in [1.807, 2.05) is 20.8 Å². The van der Waals surface area contributed by atoms with Crippen LogP contribution in [0.4, 0.5) is 5.69 Å². The first-order valence-electron chi connectivity index (χ1n) is 9.70. The van der Waals surface area contributed by atoms with Gasteiger partial charge in [0.25, 0.3) is 0 Å². The van der Waals surface area contributed by atoms with Gasteiger partial charge in [0.15, 0.2) is 0 Å². The summed E-state index contributed by atoms with van der Waals surface area (Å²) >= 11 is 12.2. The number of hydrogen-bond acceptors (Lipinski definition) is 3. The fraction of sp³-hybridized carbons (Fsp3) is 0.409. The Morgan fingerprint density at radius 3 is 2.33 bits per heavy atom. The van der Waals surface area contributed by atoms with Crippen LogP contribution in [-0.4, -0.2) is 27.1 Å². The molecule has 1 N–H and O–H groups in total. The molecule has 0 aliphatic carbocycles. The van der Waals surface area contributed by atoms with E-state index >= 15 is 0 Å². The van der Waals surface area contributed by atoms with Gasteiger partial charge in [-0.3, -0.25) is 9.10 Å². The summed E-state index contributed by atoms with van der Waals surface area (Å²) in [6.45, 7) is 8.22. The number of amides is 1. The van der Waals surface area contributed by atoms with Crippen LogP contribution >= 0.6 is 23.2 Å². The van der Waals surface area contributed by atoms with Crippen LogP contribution in [0.1, 0.15) is 48.1 Å². The molecular weight excluding hydrogens is 443 g/mol. The Bertz CT molecular complexity index is 1040. The maximum Gasteiger partial charge on any atom is 0.232 e. The zero-order chi connectivity index (χ0) is 22.6. The highest BCUT2D eigenvalue weighted by Gasteiger charge is 2.21. The Labute approximate surface area is 189 Å². The minimum Gasteiger partial charge on any atom is -0.350 e. The van der Waals surface area contributed by atoms with Crippen molar-refractivity contribution in [2.24, 2.45) is 0 Å². The van der Waals surface area contributed by atoms with Gasteiger partial charge in [-0.1, -0.05) is 35.3 Å². The lowest BCUT2D eigenvalue weighted by molar-refractivity contribution is -0.121. The second-order valence-electron chi connectivity index (χ2n) is 7.62. The lowest BCUT2D eigenvalue weighted by Gasteiger charge is -2.24. The van der Waals surface area contributed by atoms with E-state index in [1.54, 1.807) is 12.1 Å². The largest absolute Gasteiger partial charge is 0.350 e. The number of sulfonamides is 1. The van der Waals surface area contributed by atoms with E-state index in [9.17, 15) is 13.2 Å². The van der Waals surface area contributed by atoms with Gasteiger partial charge in [0.05, 0.1) is 23.0 Å². The molecule has 0 bridgehead atoms. The molecule has 0 aliphatic heterocycles. The van der Waals surface area contributed by atoms with Crippen LogP contribution in [0.15, 0.2) is 30.3 Å². The third-order valence-corrected chi connectivity index (χ3v) is 6.80. The maximum atomic E-state index is 12.5. The highest BCUT2D eigenvalue weighted by Crippen LogP contribution is 2.31. The number of rotatable bonds is 8. The molecule has 0 unspecified atom stereocenters. The van der Waals surface area contributed by atoms with E-state index in [2.05, 4.69) is 24.4 Å². The van der Waals surface area contributed by atoms with E-state index in [0.717, 1.165) is 17.4 Å². The van der Waals surface area contributed by atoms with E-state index in [1.165, 1.54) is 21.5 Å². The summed E-state index contributed by atoms with van der Waals surface area (Å²) in [4.78, 5) is 12.5. The maximum absolute atomic E-state index is 12.5. The van der Waals surface area contributed by atoms with Gasteiger partial charge in [-0.2, -0.15) is 0 Å². The number of carbonyl (C=O) groups is 1. The number of anilines is 1. The number of halogens is 2. The van der Waals surface area contributed by atoms with E-state index in [4.69, 9.17) is 23.2 Å². The Morgan fingerprint density at radius 2 is 1.70 bits per heavy atom. The van der Waals surface area contributed by atoms with Crippen molar-refractivity contribution in [1.29, 1.82) is 0 Å². The van der Waals surface area contributed by atoms with Gasteiger partial charge in [0.1, 0.15) is 0 Å². The molecule has 0 saturated heterocycles. The van der Waals surface area contributed by atoms with Gasteiger partial charge in [-0.05, 0) is 74.6 Å². The molecule has 0 aromatic heterocycles. The predicted molar refractivity (Wildman–Crippen MR) is 125 cm³/mol. The number of carbonyl (C=O) groups excluding carboxylic acids is 1. The second kappa shape index (κ2) is 10.0. The summed E-state index contributed by atoms with van der Waals surface area (Å²) in [5.41, 5.74) is 4.92. The summed E-state index contributed by atoms with van der Waals surface area (Å²) in [6.07, 6.45) is 1.65. The molecule has 0 aliphatic rings. The third kappa shape index (κ3) is 6.37. The zero-order valence-corrected chi connectivity index (χ0v) is 20.2. The van der Waals surface area contributed by atoms with Crippen molar-refractivity contribution in [1.82, 2.24) is 5.32 Å². The summed E-state index contributed by atoms with van der Waals surface area (Å²) in [5.74, 6) is -0.134. The molecule has 30 heavy (non-hydrogen) atoms. The minimum absolute atomic E-state index is 0.128. The molecule has 1 atom stereocenters. The van der Waals surface area contributed by atoms with Crippen LogP contribution in [-0.2, 0) is 14.8 Å². The topological polar surface area (TPSA) is 66.5 Å². The van der Waals surface area contributed by atoms with Gasteiger partial charge in [0.2, 0.25) is 15.9 Å². The number of aryl methyl sites for hydroxylation is 3. The number of nitrogens with zero attached hydrogens (tertiary/aromatic N) is 1. The van der Waals surface area contributed by atoms with Crippen molar-refractivity contribution in [3.05, 3.63) is 62.6 Å². The molecule has 2 aromatic rings. The van der Waals surface area contributed by atoms with E-state index in [0.29, 0.717) is 17.1 Å². The smallest absolute Gasteiger partial charge is 0.232 e. The van der Waals surface area contributed by atoms with Crippen LogP contribution in [0.2, 0.25) is 10.0 Å². The number of nitrogens with one attached hydrogen (secondary N) is 1. The fourth-order valence-electron chi connectivity index (χ4n) is 3.37. The first-order valence-corrected chi connectivity index (χ1v) is 12.3. The SMILES string of the molecule is Cc1cc(C)c([C@H](C)NC(=O)CCCN(c2cc(Cl)ccc2Cl)S(C)(=O)=O)cc1C. The monoisotopic (exact) mass is 470 g/mol. The first kappa shape index (κ1) is 24.5. The molecule has 8 heteroatoms. The Balaban J connectivity index is 2.03. The van der Waals surface area contributed by atoms with Crippen LogP contribution in [0, 0.1) is 20.8 Å². The van der Waals surface area contributed by atoms with E-state index in [-0.39, 0.29) is 29.9 Å². The zero-order valence-electron chi connectivity index (χ0n) is 17.9. The predicted octanol–water partition coefficient (Wildman–Crippen LogP) is 5.34. The number of hydrogen-bond donors (Lipinski definition) is 1. The van der Waals surface area contributed by atoms with Crippen molar-refractivity contribution >= 4 is 44.8 Å². The van der Waals surface area contributed by atoms with Crippen LogP contribution in [0.25, 0.3) is 0 Å². The van der Waals surface area contributed by atoms with Crippen molar-refractivity contribution < 1.29 is 13.2 Å². The molecule has 2 aromatic carbocycles. The molecule has 0 radical (unpaired) electrons. The average Bonchev–Trinajstić information content (AvgIpc) is 2.63. The van der Waals surface area contributed by atoms with Gasteiger partial charge in [-0.25, -0.2) is 8.42 Å². The molecule has 0 saturated carbocycles. The lowest BCUT2D eigenvalue weighted by atomic mass is 9.96. The quantitative estimate of drug-likeness (QED) is 0.565. The van der Waals surface area contributed by atoms with Gasteiger partial charge in [0, 0.05) is 18.0 Å². The molecule has 1 amide bonds. The van der Waals surface area contributed by atoms with Crippen molar-refractivity contribution in [3.8, 4) is 0 Å². The molecule has 0 spiro atoms. The molecule has 5 nitrogen and oxygen atoms in total. The standard InChI is InChI=1S/C22H28Cl2N2O3S/c1-14-11-16(3)19(12-15(14)2)17(4)25-22(27)7-6-10-26(30(5,28)29)21-13-18(23)8-9-20(21)24/h8-9,11-13,17H,6-7,10H2,1-5H3,(H,25,27)/t17-/m0/s1.